The minimum absolute atomic E-state index is 0.218. The zero-order valence-electron chi connectivity index (χ0n) is 10.6. The minimum Gasteiger partial charge on any atom is -0.353 e. The average Bonchev–Trinajstić information content (AvgIpc) is 2.68. The lowest BCUT2D eigenvalue weighted by molar-refractivity contribution is -0.126. The van der Waals surface area contributed by atoms with Gasteiger partial charge in [0.05, 0.1) is 8.68 Å². The lowest BCUT2D eigenvalue weighted by atomic mass is 10.2. The van der Waals surface area contributed by atoms with Gasteiger partial charge in [0.25, 0.3) is 0 Å². The predicted molar refractivity (Wildman–Crippen MR) is 77.7 cm³/mol. The van der Waals surface area contributed by atoms with E-state index >= 15 is 0 Å². The first-order chi connectivity index (χ1) is 8.87. The van der Waals surface area contributed by atoms with Gasteiger partial charge in [-0.1, -0.05) is 6.92 Å². The van der Waals surface area contributed by atoms with Crippen molar-refractivity contribution in [3.8, 4) is 0 Å². The largest absolute Gasteiger partial charge is 0.353 e. The third-order valence-corrected chi connectivity index (χ3v) is 6.81. The van der Waals surface area contributed by atoms with E-state index in [1.165, 1.54) is 15.6 Å². The van der Waals surface area contributed by atoms with Crippen LogP contribution in [0.15, 0.2) is 14.7 Å². The molecule has 106 valence electrons. The van der Waals surface area contributed by atoms with Crippen LogP contribution in [0.2, 0.25) is 0 Å². The first kappa shape index (κ1) is 15.0. The lowest BCUT2D eigenvalue weighted by Gasteiger charge is -2.33. The molecule has 1 aliphatic rings. The highest BCUT2D eigenvalue weighted by molar-refractivity contribution is 9.11. The van der Waals surface area contributed by atoms with E-state index < -0.39 is 16.1 Å². The Morgan fingerprint density at radius 2 is 2.26 bits per heavy atom. The maximum absolute atomic E-state index is 12.7. The molecule has 0 bridgehead atoms. The summed E-state index contributed by atoms with van der Waals surface area (Å²) < 4.78 is 27.4. The number of nitrogens with one attached hydrogen (secondary N) is 1. The number of thiophene rings is 1. The maximum Gasteiger partial charge on any atom is 0.244 e. The van der Waals surface area contributed by atoms with Crippen LogP contribution >= 0.6 is 27.3 Å². The van der Waals surface area contributed by atoms with Gasteiger partial charge in [-0.2, -0.15) is 4.31 Å². The van der Waals surface area contributed by atoms with Crippen molar-refractivity contribution in [2.75, 3.05) is 13.1 Å². The number of hydrogen-bond donors (Lipinski definition) is 1. The molecule has 0 saturated carbocycles. The van der Waals surface area contributed by atoms with Crippen LogP contribution in [0.25, 0.3) is 0 Å². The Morgan fingerprint density at radius 3 is 2.79 bits per heavy atom. The van der Waals surface area contributed by atoms with Crippen molar-refractivity contribution >= 4 is 43.2 Å². The summed E-state index contributed by atoms with van der Waals surface area (Å²) in [5.74, 6) is -0.218. The predicted octanol–water partition coefficient (Wildman–Crippen LogP) is 1.72. The number of nitrogens with zero attached hydrogens (tertiary/aromatic N) is 1. The Hall–Kier alpha value is -0.440. The van der Waals surface area contributed by atoms with E-state index in [4.69, 9.17) is 0 Å². The summed E-state index contributed by atoms with van der Waals surface area (Å²) in [6.07, 6.45) is 0.468. The molecule has 2 rings (SSSR count). The van der Waals surface area contributed by atoms with Crippen molar-refractivity contribution < 1.29 is 13.2 Å². The second-order valence-corrected chi connectivity index (χ2v) is 8.80. The quantitative estimate of drug-likeness (QED) is 0.885. The number of piperazine rings is 1. The number of halogens is 1. The molecule has 1 N–H and O–H groups in total. The molecule has 1 aromatic heterocycles. The van der Waals surface area contributed by atoms with E-state index in [0.717, 1.165) is 8.66 Å². The summed E-state index contributed by atoms with van der Waals surface area (Å²) in [6, 6.07) is 0.992. The summed E-state index contributed by atoms with van der Waals surface area (Å²) in [6.45, 7) is 4.26. The summed E-state index contributed by atoms with van der Waals surface area (Å²) in [7, 11) is -3.61. The molecule has 1 amide bonds. The summed E-state index contributed by atoms with van der Waals surface area (Å²) in [5, 5.41) is 2.70. The van der Waals surface area contributed by atoms with Gasteiger partial charge >= 0.3 is 0 Å². The van der Waals surface area contributed by atoms with Gasteiger partial charge in [0.2, 0.25) is 15.9 Å². The first-order valence-corrected chi connectivity index (χ1v) is 8.98. The van der Waals surface area contributed by atoms with E-state index in [2.05, 4.69) is 21.2 Å². The molecule has 19 heavy (non-hydrogen) atoms. The summed E-state index contributed by atoms with van der Waals surface area (Å²) in [4.78, 5) is 12.8. The number of amides is 1. The number of sulfonamides is 1. The van der Waals surface area contributed by atoms with E-state index in [1.807, 2.05) is 6.92 Å². The highest BCUT2D eigenvalue weighted by atomic mass is 79.9. The molecule has 0 aromatic carbocycles. The van der Waals surface area contributed by atoms with Crippen molar-refractivity contribution in [3.05, 3.63) is 14.7 Å². The Labute approximate surface area is 125 Å². The molecule has 0 spiro atoms. The highest BCUT2D eigenvalue weighted by Crippen LogP contribution is 2.32. The second-order valence-electron chi connectivity index (χ2n) is 4.30. The molecule has 2 heterocycles. The van der Waals surface area contributed by atoms with Crippen LogP contribution in [0.1, 0.15) is 18.2 Å². The van der Waals surface area contributed by atoms with E-state index in [9.17, 15) is 13.2 Å². The van der Waals surface area contributed by atoms with Crippen molar-refractivity contribution in [1.82, 2.24) is 9.62 Å². The van der Waals surface area contributed by atoms with Gasteiger partial charge in [0.1, 0.15) is 6.04 Å². The normalized spacial score (nSPS) is 21.4. The zero-order valence-corrected chi connectivity index (χ0v) is 13.9. The topological polar surface area (TPSA) is 66.5 Å². The maximum atomic E-state index is 12.7. The van der Waals surface area contributed by atoms with Crippen molar-refractivity contribution in [2.24, 2.45) is 0 Å². The number of carbonyl (C=O) groups is 1. The molecule has 8 heteroatoms. The number of hydrogen-bond acceptors (Lipinski definition) is 4. The molecule has 0 radical (unpaired) electrons. The van der Waals surface area contributed by atoms with Gasteiger partial charge in [0, 0.05) is 18.0 Å². The van der Waals surface area contributed by atoms with Crippen LogP contribution in [-0.2, 0) is 14.8 Å². The van der Waals surface area contributed by atoms with E-state index in [-0.39, 0.29) is 10.8 Å². The molecular formula is C11H15BrN2O3S2. The molecule has 1 fully saturated rings. The van der Waals surface area contributed by atoms with Crippen molar-refractivity contribution in [3.63, 3.8) is 0 Å². The van der Waals surface area contributed by atoms with Gasteiger partial charge in [-0.3, -0.25) is 4.79 Å². The molecular weight excluding hydrogens is 352 g/mol. The Balaban J connectivity index is 2.43. The van der Waals surface area contributed by atoms with E-state index in [1.54, 1.807) is 13.0 Å². The Kier molecular flexibility index (Phi) is 4.34. The number of carbonyl (C=O) groups excluding carboxylic acids is 1. The van der Waals surface area contributed by atoms with Crippen LogP contribution < -0.4 is 5.32 Å². The van der Waals surface area contributed by atoms with Gasteiger partial charge < -0.3 is 5.32 Å². The fourth-order valence-electron chi connectivity index (χ4n) is 2.18. The van der Waals surface area contributed by atoms with E-state index in [0.29, 0.717) is 19.5 Å². The van der Waals surface area contributed by atoms with Gasteiger partial charge in [-0.05, 0) is 35.3 Å². The fourth-order valence-corrected chi connectivity index (χ4v) is 6.23. The minimum atomic E-state index is -3.61. The fraction of sp³-hybridized carbons (Fsp3) is 0.545. The van der Waals surface area contributed by atoms with Crippen LogP contribution in [0.4, 0.5) is 0 Å². The molecule has 1 atom stereocenters. The molecule has 1 unspecified atom stereocenters. The SMILES string of the molecule is CCC1C(=O)NCCN1S(=O)(=O)c1cc(Br)sc1C. The van der Waals surface area contributed by atoms with Crippen LogP contribution in [0.3, 0.4) is 0 Å². The number of aryl methyl sites for hydroxylation is 1. The standard InChI is InChI=1S/C11H15BrN2O3S2/c1-3-8-11(15)13-4-5-14(8)19(16,17)9-6-10(12)18-7(9)2/h6,8H,3-5H2,1-2H3,(H,13,15). The van der Waals surface area contributed by atoms with Gasteiger partial charge in [-0.25, -0.2) is 8.42 Å². The molecule has 1 saturated heterocycles. The monoisotopic (exact) mass is 366 g/mol. The van der Waals surface area contributed by atoms with Crippen molar-refractivity contribution in [2.45, 2.75) is 31.2 Å². The summed E-state index contributed by atoms with van der Waals surface area (Å²) >= 11 is 4.68. The number of rotatable bonds is 3. The highest BCUT2D eigenvalue weighted by Gasteiger charge is 2.38. The van der Waals surface area contributed by atoms with Gasteiger partial charge in [0.15, 0.2) is 0 Å². The Bertz CT molecular complexity index is 597. The lowest BCUT2D eigenvalue weighted by Crippen LogP contribution is -2.56. The van der Waals surface area contributed by atoms with Crippen LogP contribution in [0.5, 0.6) is 0 Å². The summed E-state index contributed by atoms with van der Waals surface area (Å²) in [5.41, 5.74) is 0. The second kappa shape index (κ2) is 5.51. The van der Waals surface area contributed by atoms with Crippen LogP contribution in [0, 0.1) is 6.92 Å². The third kappa shape index (κ3) is 2.72. The van der Waals surface area contributed by atoms with Gasteiger partial charge in [-0.15, -0.1) is 11.3 Å². The Morgan fingerprint density at radius 1 is 1.58 bits per heavy atom. The smallest absolute Gasteiger partial charge is 0.244 e. The zero-order chi connectivity index (χ0) is 14.2. The molecule has 5 nitrogen and oxygen atoms in total. The molecule has 1 aliphatic heterocycles. The van der Waals surface area contributed by atoms with Crippen molar-refractivity contribution in [1.29, 1.82) is 0 Å². The average molecular weight is 367 g/mol. The van der Waals surface area contributed by atoms with Crippen LogP contribution in [-0.4, -0.2) is 37.8 Å². The molecule has 0 aliphatic carbocycles. The third-order valence-electron chi connectivity index (χ3n) is 3.10. The first-order valence-electron chi connectivity index (χ1n) is 5.93. The molecule has 1 aromatic rings.